The SMILES string of the molecule is N[C@@H](Cc1ccccc1)c1ccc2cccc3c2c1CC3. The van der Waals surface area contributed by atoms with Crippen LogP contribution in [0.25, 0.3) is 10.8 Å². The second-order valence-electron chi connectivity index (χ2n) is 5.94. The van der Waals surface area contributed by atoms with E-state index < -0.39 is 0 Å². The first-order chi connectivity index (χ1) is 10.3. The molecular weight excluding hydrogens is 254 g/mol. The number of hydrogen-bond acceptors (Lipinski definition) is 1. The second-order valence-corrected chi connectivity index (χ2v) is 5.94. The highest BCUT2D eigenvalue weighted by atomic mass is 14.6. The fraction of sp³-hybridized carbons (Fsp3) is 0.200. The molecule has 0 aliphatic heterocycles. The quantitative estimate of drug-likeness (QED) is 0.761. The van der Waals surface area contributed by atoms with Gasteiger partial charge >= 0.3 is 0 Å². The van der Waals surface area contributed by atoms with Gasteiger partial charge < -0.3 is 5.73 Å². The van der Waals surface area contributed by atoms with E-state index in [0.29, 0.717) is 0 Å². The monoisotopic (exact) mass is 273 g/mol. The van der Waals surface area contributed by atoms with E-state index in [1.807, 2.05) is 0 Å². The van der Waals surface area contributed by atoms with Gasteiger partial charge in [0, 0.05) is 6.04 Å². The molecule has 4 rings (SSSR count). The van der Waals surface area contributed by atoms with Crippen molar-refractivity contribution in [3.63, 3.8) is 0 Å². The summed E-state index contributed by atoms with van der Waals surface area (Å²) in [4.78, 5) is 0. The summed E-state index contributed by atoms with van der Waals surface area (Å²) in [6.07, 6.45) is 3.19. The smallest absolute Gasteiger partial charge is 0.0338 e. The summed E-state index contributed by atoms with van der Waals surface area (Å²) >= 11 is 0. The molecule has 0 spiro atoms. The highest BCUT2D eigenvalue weighted by Crippen LogP contribution is 2.35. The lowest BCUT2D eigenvalue weighted by atomic mass is 9.92. The van der Waals surface area contributed by atoms with Crippen LogP contribution in [0.1, 0.15) is 28.3 Å². The van der Waals surface area contributed by atoms with Crippen molar-refractivity contribution in [3.8, 4) is 0 Å². The molecule has 1 heteroatoms. The minimum absolute atomic E-state index is 0.0814. The van der Waals surface area contributed by atoms with E-state index in [-0.39, 0.29) is 6.04 Å². The van der Waals surface area contributed by atoms with Crippen molar-refractivity contribution in [3.05, 3.63) is 82.9 Å². The van der Waals surface area contributed by atoms with Gasteiger partial charge in [0.25, 0.3) is 0 Å². The minimum Gasteiger partial charge on any atom is -0.324 e. The van der Waals surface area contributed by atoms with Gasteiger partial charge in [-0.25, -0.2) is 0 Å². The molecular formula is C20H19N. The number of rotatable bonds is 3. The summed E-state index contributed by atoms with van der Waals surface area (Å²) in [6, 6.07) is 21.7. The Morgan fingerprint density at radius 2 is 1.71 bits per heavy atom. The molecule has 3 aromatic rings. The van der Waals surface area contributed by atoms with Crippen LogP contribution in [0.5, 0.6) is 0 Å². The molecule has 1 nitrogen and oxygen atoms in total. The maximum atomic E-state index is 6.52. The van der Waals surface area contributed by atoms with Gasteiger partial charge in [-0.1, -0.05) is 60.7 Å². The van der Waals surface area contributed by atoms with E-state index in [0.717, 1.165) is 19.3 Å². The lowest BCUT2D eigenvalue weighted by Crippen LogP contribution is -2.15. The summed E-state index contributed by atoms with van der Waals surface area (Å²) in [6.45, 7) is 0. The predicted octanol–water partition coefficient (Wildman–Crippen LogP) is 4.18. The first-order valence-electron chi connectivity index (χ1n) is 7.66. The number of benzene rings is 3. The van der Waals surface area contributed by atoms with Crippen LogP contribution in [-0.4, -0.2) is 0 Å². The third-order valence-corrected chi connectivity index (χ3v) is 4.62. The third-order valence-electron chi connectivity index (χ3n) is 4.62. The zero-order valence-electron chi connectivity index (χ0n) is 12.0. The van der Waals surface area contributed by atoms with Gasteiger partial charge in [0.05, 0.1) is 0 Å². The van der Waals surface area contributed by atoms with E-state index >= 15 is 0 Å². The van der Waals surface area contributed by atoms with E-state index in [2.05, 4.69) is 60.7 Å². The highest BCUT2D eigenvalue weighted by molar-refractivity contribution is 5.91. The summed E-state index contributed by atoms with van der Waals surface area (Å²) in [7, 11) is 0. The molecule has 1 aliphatic carbocycles. The minimum atomic E-state index is 0.0814. The Bertz CT molecular complexity index is 790. The van der Waals surface area contributed by atoms with Gasteiger partial charge in [-0.2, -0.15) is 0 Å². The van der Waals surface area contributed by atoms with Gasteiger partial charge in [-0.3, -0.25) is 0 Å². The molecule has 0 saturated heterocycles. The maximum Gasteiger partial charge on any atom is 0.0338 e. The fourth-order valence-electron chi connectivity index (χ4n) is 3.61. The van der Waals surface area contributed by atoms with Gasteiger partial charge in [0.1, 0.15) is 0 Å². The molecule has 0 radical (unpaired) electrons. The molecule has 0 fully saturated rings. The largest absolute Gasteiger partial charge is 0.324 e. The van der Waals surface area contributed by atoms with Gasteiger partial charge in [0.2, 0.25) is 0 Å². The Kier molecular flexibility index (Phi) is 3.01. The average molecular weight is 273 g/mol. The molecule has 2 N–H and O–H groups in total. The normalized spacial score (nSPS) is 14.5. The molecule has 0 saturated carbocycles. The van der Waals surface area contributed by atoms with Crippen molar-refractivity contribution in [2.45, 2.75) is 25.3 Å². The zero-order valence-corrected chi connectivity index (χ0v) is 12.0. The third kappa shape index (κ3) is 2.14. The lowest BCUT2D eigenvalue weighted by molar-refractivity contribution is 0.713. The van der Waals surface area contributed by atoms with Gasteiger partial charge in [-0.15, -0.1) is 0 Å². The van der Waals surface area contributed by atoms with Crippen LogP contribution >= 0.6 is 0 Å². The van der Waals surface area contributed by atoms with E-state index in [9.17, 15) is 0 Å². The maximum absolute atomic E-state index is 6.52. The topological polar surface area (TPSA) is 26.0 Å². The lowest BCUT2D eigenvalue weighted by Gasteiger charge is -2.16. The number of nitrogens with two attached hydrogens (primary N) is 1. The zero-order chi connectivity index (χ0) is 14.2. The fourth-order valence-corrected chi connectivity index (χ4v) is 3.61. The molecule has 1 aliphatic rings. The molecule has 104 valence electrons. The summed E-state index contributed by atoms with van der Waals surface area (Å²) < 4.78 is 0. The Balaban J connectivity index is 1.75. The first-order valence-corrected chi connectivity index (χ1v) is 7.66. The van der Waals surface area contributed by atoms with Crippen LogP contribution in [0, 0.1) is 0 Å². The Labute approximate surface area is 125 Å². The van der Waals surface area contributed by atoms with Crippen LogP contribution in [0.15, 0.2) is 60.7 Å². The number of hydrogen-bond donors (Lipinski definition) is 1. The van der Waals surface area contributed by atoms with Crippen LogP contribution in [0.3, 0.4) is 0 Å². The average Bonchev–Trinajstić information content (AvgIpc) is 2.95. The van der Waals surface area contributed by atoms with Crippen molar-refractivity contribution in [1.29, 1.82) is 0 Å². The van der Waals surface area contributed by atoms with E-state index in [1.165, 1.54) is 33.0 Å². The highest BCUT2D eigenvalue weighted by Gasteiger charge is 2.20. The molecule has 0 heterocycles. The predicted molar refractivity (Wildman–Crippen MR) is 88.4 cm³/mol. The van der Waals surface area contributed by atoms with Crippen LogP contribution in [0.4, 0.5) is 0 Å². The molecule has 0 amide bonds. The number of aryl methyl sites for hydroxylation is 2. The molecule has 3 aromatic carbocycles. The molecule has 0 aromatic heterocycles. The first kappa shape index (κ1) is 12.6. The Hall–Kier alpha value is -2.12. The van der Waals surface area contributed by atoms with E-state index in [4.69, 9.17) is 5.73 Å². The second kappa shape index (κ2) is 5.01. The molecule has 1 atom stereocenters. The van der Waals surface area contributed by atoms with E-state index in [1.54, 1.807) is 0 Å². The molecule has 0 bridgehead atoms. The Morgan fingerprint density at radius 1 is 0.857 bits per heavy atom. The summed E-state index contributed by atoms with van der Waals surface area (Å²) in [5.41, 5.74) is 12.1. The standard InChI is InChI=1S/C20H19N/c21-19(13-14-5-2-1-3-6-14)17-11-9-15-7-4-8-16-10-12-18(17)20(15)16/h1-9,11,19H,10,12-13,21H2/t19-/m0/s1. The van der Waals surface area contributed by atoms with Gasteiger partial charge in [-0.05, 0) is 52.3 Å². The molecule has 0 unspecified atom stereocenters. The van der Waals surface area contributed by atoms with Crippen molar-refractivity contribution >= 4 is 10.8 Å². The summed E-state index contributed by atoms with van der Waals surface area (Å²) in [5.74, 6) is 0. The van der Waals surface area contributed by atoms with Crippen molar-refractivity contribution < 1.29 is 0 Å². The Morgan fingerprint density at radius 3 is 2.57 bits per heavy atom. The van der Waals surface area contributed by atoms with Crippen molar-refractivity contribution in [1.82, 2.24) is 0 Å². The van der Waals surface area contributed by atoms with Crippen molar-refractivity contribution in [2.75, 3.05) is 0 Å². The molecule has 21 heavy (non-hydrogen) atoms. The van der Waals surface area contributed by atoms with Gasteiger partial charge in [0.15, 0.2) is 0 Å². The summed E-state index contributed by atoms with van der Waals surface area (Å²) in [5, 5.41) is 2.81. The van der Waals surface area contributed by atoms with Crippen LogP contribution in [0.2, 0.25) is 0 Å². The van der Waals surface area contributed by atoms with Crippen LogP contribution < -0.4 is 5.73 Å². The van der Waals surface area contributed by atoms with Crippen LogP contribution in [-0.2, 0) is 19.3 Å². The van der Waals surface area contributed by atoms with Crippen molar-refractivity contribution in [2.24, 2.45) is 5.73 Å².